The summed E-state index contributed by atoms with van der Waals surface area (Å²) in [5.41, 5.74) is 0.627. The summed E-state index contributed by atoms with van der Waals surface area (Å²) >= 11 is 1.45. The first kappa shape index (κ1) is 26.5. The fourth-order valence-electron chi connectivity index (χ4n) is 4.72. The van der Waals surface area contributed by atoms with E-state index in [4.69, 9.17) is 0 Å². The van der Waals surface area contributed by atoms with Crippen molar-refractivity contribution in [2.24, 2.45) is 0 Å². The second-order valence-corrected chi connectivity index (χ2v) is 10.5. The van der Waals surface area contributed by atoms with Crippen molar-refractivity contribution in [2.45, 2.75) is 75.3 Å². The molecule has 1 aromatic rings. The third-order valence-electron chi connectivity index (χ3n) is 6.86. The molecule has 0 atom stereocenters. The van der Waals surface area contributed by atoms with E-state index in [1.54, 1.807) is 0 Å². The van der Waals surface area contributed by atoms with Crippen LogP contribution >= 0.6 is 11.8 Å². The summed E-state index contributed by atoms with van der Waals surface area (Å²) in [5.74, 6) is 0.451. The summed E-state index contributed by atoms with van der Waals surface area (Å²) in [6.07, 6.45) is 8.43. The van der Waals surface area contributed by atoms with E-state index in [-0.39, 0.29) is 23.8 Å². The van der Waals surface area contributed by atoms with E-state index in [2.05, 4.69) is 15.5 Å². The van der Waals surface area contributed by atoms with E-state index in [0.29, 0.717) is 30.4 Å². The van der Waals surface area contributed by atoms with Gasteiger partial charge < -0.3 is 15.5 Å². The number of likely N-dealkylation sites (tertiary alicyclic amines) is 1. The summed E-state index contributed by atoms with van der Waals surface area (Å²) in [7, 11) is 1.91. The highest BCUT2D eigenvalue weighted by molar-refractivity contribution is 8.00. The van der Waals surface area contributed by atoms with Gasteiger partial charge in [-0.3, -0.25) is 19.3 Å². The van der Waals surface area contributed by atoms with Gasteiger partial charge >= 0.3 is 0 Å². The Bertz CT molecular complexity index is 820. The molecular weight excluding hydrogens is 448 g/mol. The Kier molecular flexibility index (Phi) is 10.7. The maximum atomic E-state index is 13.0. The van der Waals surface area contributed by atoms with Crippen LogP contribution in [0.1, 0.15) is 68.6 Å². The molecule has 1 saturated carbocycles. The summed E-state index contributed by atoms with van der Waals surface area (Å²) < 4.78 is 0. The standard InChI is InChI=1S/C26H40N4O3S/c1-3-15-27-24(31)18-30-16-13-20(14-17-30)28-26(33)22-11-7-8-12-23(22)34-19-25(32)29(2)21-9-5-4-6-10-21/h7-8,11-12,20-21H,3-6,9-10,13-19H2,1-2H3,(H,27,31)(H,28,33). The van der Waals surface area contributed by atoms with Crippen molar-refractivity contribution >= 4 is 29.5 Å². The first-order chi connectivity index (χ1) is 16.5. The van der Waals surface area contributed by atoms with Crippen molar-refractivity contribution in [1.82, 2.24) is 20.4 Å². The summed E-state index contributed by atoms with van der Waals surface area (Å²) in [6, 6.07) is 7.98. The first-order valence-electron chi connectivity index (χ1n) is 12.7. The van der Waals surface area contributed by atoms with Crippen LogP contribution in [0.2, 0.25) is 0 Å². The molecule has 188 valence electrons. The van der Waals surface area contributed by atoms with Crippen molar-refractivity contribution in [3.63, 3.8) is 0 Å². The van der Waals surface area contributed by atoms with Gasteiger partial charge in [-0.2, -0.15) is 0 Å². The monoisotopic (exact) mass is 488 g/mol. The number of benzene rings is 1. The van der Waals surface area contributed by atoms with Crippen molar-refractivity contribution in [2.75, 3.05) is 39.0 Å². The second kappa shape index (κ2) is 13.7. The zero-order chi connectivity index (χ0) is 24.3. The van der Waals surface area contributed by atoms with Crippen LogP contribution in [0.5, 0.6) is 0 Å². The topological polar surface area (TPSA) is 81.8 Å². The quantitative estimate of drug-likeness (QED) is 0.494. The molecule has 34 heavy (non-hydrogen) atoms. The summed E-state index contributed by atoms with van der Waals surface area (Å²) in [6.45, 7) is 4.76. The normalized spacial score (nSPS) is 17.8. The molecule has 2 fully saturated rings. The lowest BCUT2D eigenvalue weighted by atomic mass is 9.94. The third-order valence-corrected chi connectivity index (χ3v) is 7.92. The minimum atomic E-state index is -0.0877. The number of piperidine rings is 1. The van der Waals surface area contributed by atoms with Crippen molar-refractivity contribution in [3.05, 3.63) is 29.8 Å². The van der Waals surface area contributed by atoms with E-state index < -0.39 is 0 Å². The van der Waals surface area contributed by atoms with Gasteiger partial charge in [0.25, 0.3) is 5.91 Å². The van der Waals surface area contributed by atoms with Gasteiger partial charge in [-0.15, -0.1) is 11.8 Å². The van der Waals surface area contributed by atoms with Gasteiger partial charge in [-0.25, -0.2) is 0 Å². The molecule has 0 aromatic heterocycles. The molecule has 3 rings (SSSR count). The van der Waals surface area contributed by atoms with Crippen LogP contribution in [0.15, 0.2) is 29.2 Å². The number of rotatable bonds is 10. The predicted molar refractivity (Wildman–Crippen MR) is 137 cm³/mol. The van der Waals surface area contributed by atoms with Gasteiger partial charge in [0.1, 0.15) is 0 Å². The van der Waals surface area contributed by atoms with Crippen LogP contribution < -0.4 is 10.6 Å². The minimum Gasteiger partial charge on any atom is -0.355 e. The van der Waals surface area contributed by atoms with Crippen LogP contribution in [-0.4, -0.2) is 78.6 Å². The fraction of sp³-hybridized carbons (Fsp3) is 0.654. The number of carbonyl (C=O) groups is 3. The number of thioether (sulfide) groups is 1. The number of hydrogen-bond acceptors (Lipinski definition) is 5. The van der Waals surface area contributed by atoms with E-state index in [0.717, 1.165) is 50.1 Å². The van der Waals surface area contributed by atoms with Gasteiger partial charge in [0.05, 0.1) is 17.9 Å². The second-order valence-electron chi connectivity index (χ2n) is 9.46. The Labute approximate surface area is 208 Å². The molecule has 0 unspecified atom stereocenters. The molecule has 0 spiro atoms. The highest BCUT2D eigenvalue weighted by Crippen LogP contribution is 2.26. The zero-order valence-electron chi connectivity index (χ0n) is 20.7. The molecule has 3 amide bonds. The lowest BCUT2D eigenvalue weighted by Gasteiger charge is -2.32. The van der Waals surface area contributed by atoms with Crippen LogP contribution in [0.4, 0.5) is 0 Å². The molecule has 1 saturated heterocycles. The lowest BCUT2D eigenvalue weighted by Crippen LogP contribution is -2.47. The van der Waals surface area contributed by atoms with E-state index in [1.165, 1.54) is 31.0 Å². The SMILES string of the molecule is CCCNC(=O)CN1CCC(NC(=O)c2ccccc2SCC(=O)N(C)C2CCCCC2)CC1. The van der Waals surface area contributed by atoms with E-state index >= 15 is 0 Å². The third kappa shape index (κ3) is 8.01. The molecule has 1 heterocycles. The maximum Gasteiger partial charge on any atom is 0.252 e. The van der Waals surface area contributed by atoms with Gasteiger partial charge in [-0.05, 0) is 44.2 Å². The molecular formula is C26H40N4O3S. The van der Waals surface area contributed by atoms with Crippen molar-refractivity contribution in [3.8, 4) is 0 Å². The molecule has 1 aliphatic carbocycles. The lowest BCUT2D eigenvalue weighted by molar-refractivity contribution is -0.129. The molecule has 2 aliphatic rings. The van der Waals surface area contributed by atoms with E-state index in [9.17, 15) is 14.4 Å². The van der Waals surface area contributed by atoms with Gasteiger partial charge in [0.15, 0.2) is 0 Å². The largest absolute Gasteiger partial charge is 0.355 e. The number of nitrogens with zero attached hydrogens (tertiary/aromatic N) is 2. The van der Waals surface area contributed by atoms with Crippen LogP contribution in [-0.2, 0) is 9.59 Å². The molecule has 8 heteroatoms. The smallest absolute Gasteiger partial charge is 0.252 e. The fourth-order valence-corrected chi connectivity index (χ4v) is 5.69. The first-order valence-corrected chi connectivity index (χ1v) is 13.7. The Morgan fingerprint density at radius 2 is 1.76 bits per heavy atom. The zero-order valence-corrected chi connectivity index (χ0v) is 21.5. The molecule has 0 radical (unpaired) electrons. The minimum absolute atomic E-state index is 0.0685. The Balaban J connectivity index is 1.47. The highest BCUT2D eigenvalue weighted by atomic mass is 32.2. The summed E-state index contributed by atoms with van der Waals surface area (Å²) in [4.78, 5) is 42.6. The molecule has 0 bridgehead atoms. The van der Waals surface area contributed by atoms with E-state index in [1.807, 2.05) is 43.1 Å². The van der Waals surface area contributed by atoms with Crippen LogP contribution in [0, 0.1) is 0 Å². The summed E-state index contributed by atoms with van der Waals surface area (Å²) in [5, 5.41) is 6.09. The highest BCUT2D eigenvalue weighted by Gasteiger charge is 2.25. The number of hydrogen-bond donors (Lipinski definition) is 2. The Morgan fingerprint density at radius 1 is 1.06 bits per heavy atom. The Hall–Kier alpha value is -2.06. The van der Waals surface area contributed by atoms with Crippen molar-refractivity contribution < 1.29 is 14.4 Å². The van der Waals surface area contributed by atoms with Gasteiger partial charge in [-0.1, -0.05) is 38.3 Å². The number of nitrogens with one attached hydrogen (secondary N) is 2. The van der Waals surface area contributed by atoms with Gasteiger partial charge in [0.2, 0.25) is 11.8 Å². The molecule has 2 N–H and O–H groups in total. The maximum absolute atomic E-state index is 13.0. The number of carbonyl (C=O) groups excluding carboxylic acids is 3. The molecule has 1 aliphatic heterocycles. The van der Waals surface area contributed by atoms with Crippen molar-refractivity contribution in [1.29, 1.82) is 0 Å². The average molecular weight is 489 g/mol. The van der Waals surface area contributed by atoms with Gasteiger partial charge in [0, 0.05) is 43.7 Å². The predicted octanol–water partition coefficient (Wildman–Crippen LogP) is 3.29. The number of amides is 3. The average Bonchev–Trinajstić information content (AvgIpc) is 2.87. The molecule has 7 nitrogen and oxygen atoms in total. The Morgan fingerprint density at radius 3 is 2.47 bits per heavy atom. The van der Waals surface area contributed by atoms with Crippen LogP contribution in [0.25, 0.3) is 0 Å². The van der Waals surface area contributed by atoms with Crippen LogP contribution in [0.3, 0.4) is 0 Å². The molecule has 1 aromatic carbocycles.